The molecule has 0 aliphatic rings. The zero-order valence-electron chi connectivity index (χ0n) is 7.46. The van der Waals surface area contributed by atoms with Crippen molar-refractivity contribution in [2.24, 2.45) is 11.7 Å². The van der Waals surface area contributed by atoms with Crippen LogP contribution in [0.25, 0.3) is 0 Å². The van der Waals surface area contributed by atoms with E-state index in [1.807, 2.05) is 0 Å². The van der Waals surface area contributed by atoms with Crippen molar-refractivity contribution >= 4 is 5.91 Å². The van der Waals surface area contributed by atoms with Crippen molar-refractivity contribution < 1.29 is 9.53 Å². The molecule has 66 valence electrons. The number of amides is 1. The molecular formula is C8H17NO2. The fourth-order valence-corrected chi connectivity index (χ4v) is 1.01. The standard InChI is InChI=1S/C8H17NO2/c1-6(2)4-7(11-3)5-8(9)10/h6-7H,4-5H2,1-3H3,(H2,9,10). The first-order valence-corrected chi connectivity index (χ1v) is 3.87. The fraction of sp³-hybridized carbons (Fsp3) is 0.875. The van der Waals surface area contributed by atoms with Gasteiger partial charge in [0.25, 0.3) is 0 Å². The molecule has 0 spiro atoms. The first-order valence-electron chi connectivity index (χ1n) is 3.87. The molecule has 0 aromatic carbocycles. The molecule has 0 saturated carbocycles. The average Bonchev–Trinajstić information content (AvgIpc) is 1.84. The maximum absolute atomic E-state index is 10.5. The van der Waals surface area contributed by atoms with Gasteiger partial charge in [0.2, 0.25) is 5.91 Å². The molecule has 1 atom stereocenters. The van der Waals surface area contributed by atoms with Crippen LogP contribution in [-0.2, 0) is 9.53 Å². The number of rotatable bonds is 5. The Bertz CT molecular complexity index is 123. The molecule has 2 N–H and O–H groups in total. The number of carbonyl (C=O) groups is 1. The van der Waals surface area contributed by atoms with Gasteiger partial charge < -0.3 is 10.5 Å². The second-order valence-electron chi connectivity index (χ2n) is 3.16. The predicted octanol–water partition coefficient (Wildman–Crippen LogP) is 0.923. The van der Waals surface area contributed by atoms with Crippen molar-refractivity contribution in [3.05, 3.63) is 0 Å². The number of hydrogen-bond acceptors (Lipinski definition) is 2. The van der Waals surface area contributed by atoms with Gasteiger partial charge in [0.05, 0.1) is 12.5 Å². The highest BCUT2D eigenvalue weighted by Gasteiger charge is 2.11. The van der Waals surface area contributed by atoms with Crippen LogP contribution < -0.4 is 5.73 Å². The van der Waals surface area contributed by atoms with Crippen LogP contribution in [0.15, 0.2) is 0 Å². The van der Waals surface area contributed by atoms with Crippen LogP contribution >= 0.6 is 0 Å². The number of nitrogens with two attached hydrogens (primary N) is 1. The van der Waals surface area contributed by atoms with Gasteiger partial charge in [-0.25, -0.2) is 0 Å². The van der Waals surface area contributed by atoms with E-state index >= 15 is 0 Å². The summed E-state index contributed by atoms with van der Waals surface area (Å²) < 4.78 is 5.07. The number of hydrogen-bond donors (Lipinski definition) is 1. The molecule has 0 aliphatic heterocycles. The highest BCUT2D eigenvalue weighted by molar-refractivity contribution is 5.74. The lowest BCUT2D eigenvalue weighted by Crippen LogP contribution is -2.22. The van der Waals surface area contributed by atoms with Crippen LogP contribution in [0.5, 0.6) is 0 Å². The fourth-order valence-electron chi connectivity index (χ4n) is 1.01. The van der Waals surface area contributed by atoms with Crippen molar-refractivity contribution in [1.29, 1.82) is 0 Å². The highest BCUT2D eigenvalue weighted by Crippen LogP contribution is 2.09. The van der Waals surface area contributed by atoms with E-state index < -0.39 is 0 Å². The predicted molar refractivity (Wildman–Crippen MR) is 44.1 cm³/mol. The van der Waals surface area contributed by atoms with Crippen molar-refractivity contribution in [3.63, 3.8) is 0 Å². The molecule has 3 nitrogen and oxygen atoms in total. The molecular weight excluding hydrogens is 142 g/mol. The van der Waals surface area contributed by atoms with E-state index in [0.29, 0.717) is 12.3 Å². The maximum atomic E-state index is 10.5. The summed E-state index contributed by atoms with van der Waals surface area (Å²) in [6, 6.07) is 0. The second kappa shape index (κ2) is 5.13. The van der Waals surface area contributed by atoms with Gasteiger partial charge in [-0.05, 0) is 12.3 Å². The summed E-state index contributed by atoms with van der Waals surface area (Å²) in [6.45, 7) is 4.18. The third-order valence-corrected chi connectivity index (χ3v) is 1.50. The van der Waals surface area contributed by atoms with Gasteiger partial charge in [-0.1, -0.05) is 13.8 Å². The molecule has 0 aliphatic carbocycles. The van der Waals surface area contributed by atoms with Gasteiger partial charge in [-0.15, -0.1) is 0 Å². The largest absolute Gasteiger partial charge is 0.381 e. The lowest BCUT2D eigenvalue weighted by Gasteiger charge is -2.15. The SMILES string of the molecule is COC(CC(N)=O)CC(C)C. The molecule has 11 heavy (non-hydrogen) atoms. The molecule has 1 unspecified atom stereocenters. The number of ether oxygens (including phenoxy) is 1. The molecule has 0 bridgehead atoms. The molecule has 0 aromatic heterocycles. The van der Waals surface area contributed by atoms with E-state index in [4.69, 9.17) is 10.5 Å². The Morgan fingerprint density at radius 1 is 1.55 bits per heavy atom. The third-order valence-electron chi connectivity index (χ3n) is 1.50. The van der Waals surface area contributed by atoms with E-state index in [1.165, 1.54) is 0 Å². The van der Waals surface area contributed by atoms with E-state index in [0.717, 1.165) is 6.42 Å². The van der Waals surface area contributed by atoms with Crippen LogP contribution in [0.2, 0.25) is 0 Å². The van der Waals surface area contributed by atoms with Crippen LogP contribution in [0.3, 0.4) is 0 Å². The molecule has 0 rings (SSSR count). The molecule has 3 heteroatoms. The first-order chi connectivity index (χ1) is 5.06. The summed E-state index contributed by atoms with van der Waals surface area (Å²) in [7, 11) is 1.61. The lowest BCUT2D eigenvalue weighted by molar-refractivity contribution is -0.120. The number of primary amides is 1. The molecule has 1 amide bonds. The van der Waals surface area contributed by atoms with Gasteiger partial charge in [0.15, 0.2) is 0 Å². The van der Waals surface area contributed by atoms with Gasteiger partial charge >= 0.3 is 0 Å². The Labute approximate surface area is 67.9 Å². The van der Waals surface area contributed by atoms with E-state index in [9.17, 15) is 4.79 Å². The first kappa shape index (κ1) is 10.4. The normalized spacial score (nSPS) is 13.5. The van der Waals surface area contributed by atoms with Crippen LogP contribution in [0.1, 0.15) is 26.7 Å². The van der Waals surface area contributed by atoms with Crippen molar-refractivity contribution in [1.82, 2.24) is 0 Å². The third kappa shape index (κ3) is 5.85. The monoisotopic (exact) mass is 159 g/mol. The quantitative estimate of drug-likeness (QED) is 0.648. The summed E-state index contributed by atoms with van der Waals surface area (Å²) in [4.78, 5) is 10.5. The lowest BCUT2D eigenvalue weighted by atomic mass is 10.0. The van der Waals surface area contributed by atoms with Crippen LogP contribution in [-0.4, -0.2) is 19.1 Å². The minimum Gasteiger partial charge on any atom is -0.381 e. The van der Waals surface area contributed by atoms with Crippen LogP contribution in [0.4, 0.5) is 0 Å². The van der Waals surface area contributed by atoms with Crippen molar-refractivity contribution in [3.8, 4) is 0 Å². The smallest absolute Gasteiger partial charge is 0.220 e. The van der Waals surface area contributed by atoms with Gasteiger partial charge in [-0.3, -0.25) is 4.79 Å². The summed E-state index contributed by atoms with van der Waals surface area (Å²) in [5, 5.41) is 0. The molecule has 0 radical (unpaired) electrons. The summed E-state index contributed by atoms with van der Waals surface area (Å²) >= 11 is 0. The Morgan fingerprint density at radius 2 is 2.09 bits per heavy atom. The Hall–Kier alpha value is -0.570. The zero-order valence-corrected chi connectivity index (χ0v) is 7.46. The highest BCUT2D eigenvalue weighted by atomic mass is 16.5. The Balaban J connectivity index is 3.66. The summed E-state index contributed by atoms with van der Waals surface area (Å²) in [5.74, 6) is 0.247. The minimum atomic E-state index is -0.294. The summed E-state index contributed by atoms with van der Waals surface area (Å²) in [6.07, 6.45) is 1.21. The molecule has 0 saturated heterocycles. The van der Waals surface area contributed by atoms with E-state index in [1.54, 1.807) is 7.11 Å². The van der Waals surface area contributed by atoms with Crippen LogP contribution in [0, 0.1) is 5.92 Å². The van der Waals surface area contributed by atoms with Crippen molar-refractivity contribution in [2.75, 3.05) is 7.11 Å². The topological polar surface area (TPSA) is 52.3 Å². The van der Waals surface area contributed by atoms with E-state index in [-0.39, 0.29) is 12.0 Å². The zero-order chi connectivity index (χ0) is 8.85. The summed E-state index contributed by atoms with van der Waals surface area (Å²) in [5.41, 5.74) is 5.03. The second-order valence-corrected chi connectivity index (χ2v) is 3.16. The van der Waals surface area contributed by atoms with Gasteiger partial charge in [-0.2, -0.15) is 0 Å². The maximum Gasteiger partial charge on any atom is 0.220 e. The minimum absolute atomic E-state index is 0.00694. The number of methoxy groups -OCH3 is 1. The Morgan fingerprint density at radius 3 is 2.36 bits per heavy atom. The molecule has 0 fully saturated rings. The van der Waals surface area contributed by atoms with Gasteiger partial charge in [0.1, 0.15) is 0 Å². The molecule has 0 heterocycles. The van der Waals surface area contributed by atoms with Gasteiger partial charge in [0, 0.05) is 7.11 Å². The molecule has 0 aromatic rings. The average molecular weight is 159 g/mol. The Kier molecular flexibility index (Phi) is 4.86. The number of carbonyl (C=O) groups excluding carboxylic acids is 1. The van der Waals surface area contributed by atoms with Crippen molar-refractivity contribution in [2.45, 2.75) is 32.8 Å². The van der Waals surface area contributed by atoms with E-state index in [2.05, 4.69) is 13.8 Å².